The smallest absolute Gasteiger partial charge is 0.337 e. The molecule has 0 saturated heterocycles. The summed E-state index contributed by atoms with van der Waals surface area (Å²) < 4.78 is 0. The van der Waals surface area contributed by atoms with Gasteiger partial charge in [0.15, 0.2) is 0 Å². The number of amides is 1. The quantitative estimate of drug-likeness (QED) is 0.730. The predicted molar refractivity (Wildman–Crippen MR) is 113 cm³/mol. The average Bonchev–Trinajstić information content (AvgIpc) is 3.37. The molecule has 0 aliphatic heterocycles. The molecule has 0 spiro atoms. The van der Waals surface area contributed by atoms with Gasteiger partial charge >= 0.3 is 5.97 Å². The molecule has 0 saturated carbocycles. The van der Waals surface area contributed by atoms with E-state index in [1.807, 2.05) is 29.2 Å². The summed E-state index contributed by atoms with van der Waals surface area (Å²) >= 11 is 0. The number of carbonyl (C=O) groups excluding carboxylic acids is 1. The van der Waals surface area contributed by atoms with Crippen LogP contribution in [0.25, 0.3) is 0 Å². The number of hydrogen-bond acceptors (Lipinski definition) is 3. The molecule has 0 radical (unpaired) electrons. The number of carboxylic acid groups (broad SMARTS) is 1. The van der Waals surface area contributed by atoms with Crippen LogP contribution in [0.15, 0.2) is 67.0 Å². The highest BCUT2D eigenvalue weighted by Crippen LogP contribution is 2.33. The number of benzene rings is 2. The van der Waals surface area contributed by atoms with Crippen molar-refractivity contribution >= 4 is 11.9 Å². The minimum Gasteiger partial charge on any atom is -0.478 e. The van der Waals surface area contributed by atoms with E-state index in [9.17, 15) is 14.7 Å². The molecular weight excluding hydrogens is 376 g/mol. The zero-order valence-corrected chi connectivity index (χ0v) is 16.5. The summed E-state index contributed by atoms with van der Waals surface area (Å²) in [7, 11) is 0. The first-order valence-corrected chi connectivity index (χ1v) is 10.2. The van der Waals surface area contributed by atoms with Gasteiger partial charge in [0.25, 0.3) is 5.91 Å². The van der Waals surface area contributed by atoms with Crippen molar-refractivity contribution in [2.75, 3.05) is 0 Å². The molecule has 0 atom stereocenters. The number of hydrogen-bond donors (Lipinski definition) is 1. The molecule has 2 aliphatic carbocycles. The van der Waals surface area contributed by atoms with Crippen molar-refractivity contribution < 1.29 is 14.7 Å². The Morgan fingerprint density at radius 2 is 1.20 bits per heavy atom. The molecule has 5 heteroatoms. The Balaban J connectivity index is 1.50. The molecule has 30 heavy (non-hydrogen) atoms. The second-order valence-corrected chi connectivity index (χ2v) is 8.14. The molecule has 1 N–H and O–H groups in total. The van der Waals surface area contributed by atoms with Gasteiger partial charge in [-0.1, -0.05) is 48.5 Å². The van der Waals surface area contributed by atoms with Crippen molar-refractivity contribution in [2.45, 2.75) is 37.8 Å². The third-order valence-corrected chi connectivity index (χ3v) is 6.31. The van der Waals surface area contributed by atoms with E-state index in [4.69, 9.17) is 0 Å². The Bertz CT molecular complexity index is 1030. The van der Waals surface area contributed by atoms with Gasteiger partial charge < -0.3 is 10.0 Å². The van der Waals surface area contributed by atoms with Gasteiger partial charge in [-0.05, 0) is 54.0 Å². The van der Waals surface area contributed by atoms with E-state index in [1.165, 1.54) is 40.7 Å². The molecule has 3 aromatic rings. The summed E-state index contributed by atoms with van der Waals surface area (Å²) in [6.07, 6.45) is 6.04. The second-order valence-electron chi connectivity index (χ2n) is 8.14. The highest BCUT2D eigenvalue weighted by atomic mass is 16.4. The molecule has 0 fully saturated rings. The minimum atomic E-state index is -1.08. The Kier molecular flexibility index (Phi) is 4.58. The van der Waals surface area contributed by atoms with Crippen molar-refractivity contribution in [3.8, 4) is 0 Å². The van der Waals surface area contributed by atoms with E-state index in [2.05, 4.69) is 29.2 Å². The summed E-state index contributed by atoms with van der Waals surface area (Å²) in [5.41, 5.74) is 5.51. The van der Waals surface area contributed by atoms with E-state index < -0.39 is 5.97 Å². The van der Waals surface area contributed by atoms with Gasteiger partial charge in [-0.2, -0.15) is 0 Å². The molecule has 150 valence electrons. The largest absolute Gasteiger partial charge is 0.478 e. The number of aromatic nitrogens is 1. The maximum absolute atomic E-state index is 13.7. The van der Waals surface area contributed by atoms with Crippen LogP contribution in [0.5, 0.6) is 0 Å². The Hall–Kier alpha value is -3.47. The van der Waals surface area contributed by atoms with Crippen molar-refractivity contribution in [3.05, 3.63) is 100 Å². The van der Waals surface area contributed by atoms with E-state index in [0.29, 0.717) is 5.56 Å². The molecule has 1 amide bonds. The van der Waals surface area contributed by atoms with Crippen LogP contribution >= 0.6 is 0 Å². The summed E-state index contributed by atoms with van der Waals surface area (Å²) in [5, 5.41) is 9.32. The lowest BCUT2D eigenvalue weighted by molar-refractivity contribution is 0.0588. The van der Waals surface area contributed by atoms with Gasteiger partial charge in [0, 0.05) is 24.5 Å². The normalized spacial score (nSPS) is 15.6. The molecule has 2 aliphatic rings. The van der Waals surface area contributed by atoms with Crippen LogP contribution in [-0.4, -0.2) is 39.0 Å². The van der Waals surface area contributed by atoms with Gasteiger partial charge in [0.05, 0.1) is 11.1 Å². The SMILES string of the molecule is O=C(O)c1cncc(C(=O)N(C2Cc3ccccc3C2)C2Cc3ccccc3C2)c1. The van der Waals surface area contributed by atoms with E-state index >= 15 is 0 Å². The third kappa shape index (κ3) is 3.26. The summed E-state index contributed by atoms with van der Waals surface area (Å²) in [5.74, 6) is -1.22. The van der Waals surface area contributed by atoms with E-state index in [1.54, 1.807) is 0 Å². The fourth-order valence-corrected chi connectivity index (χ4v) is 4.92. The number of nitrogens with zero attached hydrogens (tertiary/aromatic N) is 2. The number of fused-ring (bicyclic) bond motifs is 2. The first-order valence-electron chi connectivity index (χ1n) is 10.2. The molecule has 2 aromatic carbocycles. The molecule has 1 heterocycles. The van der Waals surface area contributed by atoms with Crippen molar-refractivity contribution in [3.63, 3.8) is 0 Å². The van der Waals surface area contributed by atoms with Crippen LogP contribution in [0.4, 0.5) is 0 Å². The van der Waals surface area contributed by atoms with Crippen LogP contribution in [0.2, 0.25) is 0 Å². The number of aromatic carboxylic acids is 1. The zero-order valence-electron chi connectivity index (χ0n) is 16.5. The molecule has 5 rings (SSSR count). The number of carbonyl (C=O) groups is 2. The maximum atomic E-state index is 13.7. The van der Waals surface area contributed by atoms with Crippen LogP contribution in [-0.2, 0) is 25.7 Å². The molecular formula is C25H22N2O3. The monoisotopic (exact) mass is 398 g/mol. The fraction of sp³-hybridized carbons (Fsp3) is 0.240. The van der Waals surface area contributed by atoms with Crippen LogP contribution in [0.3, 0.4) is 0 Å². The van der Waals surface area contributed by atoms with Crippen molar-refractivity contribution in [2.24, 2.45) is 0 Å². The van der Waals surface area contributed by atoms with Crippen LogP contribution in [0.1, 0.15) is 43.0 Å². The molecule has 0 unspecified atom stereocenters. The Labute approximate surface area is 175 Å². The lowest BCUT2D eigenvalue weighted by Crippen LogP contribution is -2.48. The third-order valence-electron chi connectivity index (χ3n) is 6.31. The van der Waals surface area contributed by atoms with Gasteiger partial charge in [-0.25, -0.2) is 4.79 Å². The summed E-state index contributed by atoms with van der Waals surface area (Å²) in [6.45, 7) is 0. The van der Waals surface area contributed by atoms with E-state index in [0.717, 1.165) is 25.7 Å². The standard InChI is InChI=1S/C25H22N2O3/c28-24(20-9-21(25(29)30)15-26-14-20)27(22-10-16-5-1-2-6-17(16)11-22)23-12-18-7-3-4-8-19(18)13-23/h1-9,14-15,22-23H,10-13H2,(H,29,30). The predicted octanol–water partition coefficient (Wildman–Crippen LogP) is 3.56. The fourth-order valence-electron chi connectivity index (χ4n) is 4.92. The number of rotatable bonds is 4. The highest BCUT2D eigenvalue weighted by molar-refractivity contribution is 5.97. The zero-order chi connectivity index (χ0) is 20.7. The van der Waals surface area contributed by atoms with Crippen LogP contribution in [0, 0.1) is 0 Å². The number of pyridine rings is 1. The van der Waals surface area contributed by atoms with Gasteiger partial charge in [0.2, 0.25) is 0 Å². The molecule has 0 bridgehead atoms. The van der Waals surface area contributed by atoms with Gasteiger partial charge in [-0.15, -0.1) is 0 Å². The second kappa shape index (κ2) is 7.41. The molecule has 5 nitrogen and oxygen atoms in total. The Morgan fingerprint density at radius 3 is 1.63 bits per heavy atom. The van der Waals surface area contributed by atoms with Crippen molar-refractivity contribution in [1.29, 1.82) is 0 Å². The first kappa shape index (κ1) is 18.6. The lowest BCUT2D eigenvalue weighted by Gasteiger charge is -2.35. The average molecular weight is 398 g/mol. The van der Waals surface area contributed by atoms with Gasteiger partial charge in [0.1, 0.15) is 0 Å². The Morgan fingerprint density at radius 1 is 0.767 bits per heavy atom. The summed E-state index contributed by atoms with van der Waals surface area (Å²) in [6, 6.07) is 18.3. The van der Waals surface area contributed by atoms with E-state index in [-0.39, 0.29) is 23.6 Å². The molecule has 1 aromatic heterocycles. The maximum Gasteiger partial charge on any atom is 0.337 e. The first-order chi connectivity index (χ1) is 14.6. The van der Waals surface area contributed by atoms with Crippen LogP contribution < -0.4 is 0 Å². The number of carboxylic acids is 1. The topological polar surface area (TPSA) is 70.5 Å². The van der Waals surface area contributed by atoms with Gasteiger partial charge in [-0.3, -0.25) is 9.78 Å². The minimum absolute atomic E-state index is 0.0326. The highest BCUT2D eigenvalue weighted by Gasteiger charge is 2.38. The van der Waals surface area contributed by atoms with Crippen molar-refractivity contribution in [1.82, 2.24) is 9.88 Å². The summed E-state index contributed by atoms with van der Waals surface area (Å²) in [4.78, 5) is 31.1. The lowest BCUT2D eigenvalue weighted by atomic mass is 10.0.